The predicted octanol–water partition coefficient (Wildman–Crippen LogP) is 3.34. The SMILES string of the molecule is CS(=O)(=O)c1ccc(-c2cc3c(N4CC(C(=O)NCc5ccc(Cl)cc5F)C4)ncnn3c2)cc1. The lowest BCUT2D eigenvalue weighted by atomic mass is 9.99. The molecule has 0 bridgehead atoms. The van der Waals surface area contributed by atoms with Crippen LogP contribution in [-0.4, -0.2) is 48.3 Å². The van der Waals surface area contributed by atoms with E-state index in [1.54, 1.807) is 40.9 Å². The molecule has 1 N–H and O–H groups in total. The van der Waals surface area contributed by atoms with Gasteiger partial charge in [-0.05, 0) is 35.9 Å². The van der Waals surface area contributed by atoms with Crippen molar-refractivity contribution in [3.8, 4) is 11.1 Å². The van der Waals surface area contributed by atoms with Crippen molar-refractivity contribution in [2.45, 2.75) is 11.4 Å². The number of amides is 1. The summed E-state index contributed by atoms with van der Waals surface area (Å²) < 4.78 is 39.1. The van der Waals surface area contributed by atoms with Gasteiger partial charge >= 0.3 is 0 Å². The fourth-order valence-corrected chi connectivity index (χ4v) is 4.81. The number of hydrogen-bond donors (Lipinski definition) is 1. The monoisotopic (exact) mass is 513 g/mol. The molecule has 3 heterocycles. The molecule has 1 aliphatic heterocycles. The van der Waals surface area contributed by atoms with Crippen LogP contribution in [0.5, 0.6) is 0 Å². The number of fused-ring (bicyclic) bond motifs is 1. The number of rotatable bonds is 6. The van der Waals surface area contributed by atoms with Crippen LogP contribution in [-0.2, 0) is 21.2 Å². The summed E-state index contributed by atoms with van der Waals surface area (Å²) in [6.45, 7) is 1.05. The van der Waals surface area contributed by atoms with Gasteiger partial charge in [-0.15, -0.1) is 0 Å². The van der Waals surface area contributed by atoms with Crippen LogP contribution in [0.25, 0.3) is 16.6 Å². The third-order valence-corrected chi connectivity index (χ3v) is 7.38. The number of carbonyl (C=O) groups excluding carboxylic acids is 1. The van der Waals surface area contributed by atoms with Crippen molar-refractivity contribution < 1.29 is 17.6 Å². The number of halogens is 2. The molecule has 0 aliphatic carbocycles. The summed E-state index contributed by atoms with van der Waals surface area (Å²) in [7, 11) is -3.27. The highest BCUT2D eigenvalue weighted by Gasteiger charge is 2.34. The molecule has 11 heteroatoms. The van der Waals surface area contributed by atoms with Crippen LogP contribution in [0.2, 0.25) is 5.02 Å². The van der Waals surface area contributed by atoms with Gasteiger partial charge in [0.2, 0.25) is 5.91 Å². The van der Waals surface area contributed by atoms with E-state index in [1.165, 1.54) is 18.6 Å². The number of carbonyl (C=O) groups is 1. The van der Waals surface area contributed by atoms with Crippen molar-refractivity contribution in [3.63, 3.8) is 0 Å². The molecule has 0 radical (unpaired) electrons. The minimum absolute atomic E-state index is 0.0935. The smallest absolute Gasteiger partial charge is 0.226 e. The van der Waals surface area contributed by atoms with E-state index >= 15 is 0 Å². The zero-order valence-electron chi connectivity index (χ0n) is 18.6. The highest BCUT2D eigenvalue weighted by molar-refractivity contribution is 7.90. The van der Waals surface area contributed by atoms with Gasteiger partial charge in [0, 0.05) is 48.2 Å². The molecule has 0 atom stereocenters. The normalized spacial score (nSPS) is 14.2. The Kier molecular flexibility index (Phi) is 5.94. The van der Waals surface area contributed by atoms with Crippen LogP contribution in [0.4, 0.5) is 10.2 Å². The van der Waals surface area contributed by atoms with Crippen molar-refractivity contribution in [2.24, 2.45) is 5.92 Å². The summed E-state index contributed by atoms with van der Waals surface area (Å²) in [5, 5.41) is 7.37. The van der Waals surface area contributed by atoms with Gasteiger partial charge < -0.3 is 10.2 Å². The molecule has 2 aromatic heterocycles. The second-order valence-electron chi connectivity index (χ2n) is 8.49. The third-order valence-electron chi connectivity index (χ3n) is 6.02. The van der Waals surface area contributed by atoms with E-state index in [-0.39, 0.29) is 23.3 Å². The van der Waals surface area contributed by atoms with Crippen molar-refractivity contribution in [1.29, 1.82) is 0 Å². The van der Waals surface area contributed by atoms with Gasteiger partial charge in [0.25, 0.3) is 0 Å². The molecule has 1 saturated heterocycles. The minimum atomic E-state index is -3.27. The lowest BCUT2D eigenvalue weighted by Gasteiger charge is -2.39. The molecule has 5 rings (SSSR count). The van der Waals surface area contributed by atoms with Gasteiger partial charge in [-0.3, -0.25) is 4.79 Å². The molecular weight excluding hydrogens is 493 g/mol. The number of aromatic nitrogens is 3. The first-order chi connectivity index (χ1) is 16.7. The second-order valence-corrected chi connectivity index (χ2v) is 10.9. The second kappa shape index (κ2) is 8.94. The maximum Gasteiger partial charge on any atom is 0.226 e. The van der Waals surface area contributed by atoms with Crippen LogP contribution >= 0.6 is 11.6 Å². The van der Waals surface area contributed by atoms with Gasteiger partial charge in [-0.2, -0.15) is 5.10 Å². The van der Waals surface area contributed by atoms with Crippen LogP contribution in [0.15, 0.2) is 66.0 Å². The highest BCUT2D eigenvalue weighted by atomic mass is 35.5. The molecule has 8 nitrogen and oxygen atoms in total. The first-order valence-corrected chi connectivity index (χ1v) is 13.1. The number of benzene rings is 2. The molecule has 35 heavy (non-hydrogen) atoms. The molecule has 2 aromatic carbocycles. The van der Waals surface area contributed by atoms with Crippen molar-refractivity contribution in [2.75, 3.05) is 24.2 Å². The highest BCUT2D eigenvalue weighted by Crippen LogP contribution is 2.31. The van der Waals surface area contributed by atoms with E-state index in [4.69, 9.17) is 11.6 Å². The fourth-order valence-electron chi connectivity index (χ4n) is 4.02. The van der Waals surface area contributed by atoms with Crippen molar-refractivity contribution in [1.82, 2.24) is 19.9 Å². The number of anilines is 1. The summed E-state index contributed by atoms with van der Waals surface area (Å²) >= 11 is 5.77. The molecule has 1 amide bonds. The van der Waals surface area contributed by atoms with Gasteiger partial charge in [0.1, 0.15) is 17.7 Å². The fraction of sp³-hybridized carbons (Fsp3) is 0.208. The maximum atomic E-state index is 13.9. The summed E-state index contributed by atoms with van der Waals surface area (Å²) in [4.78, 5) is 19.2. The first kappa shape index (κ1) is 23.3. The van der Waals surface area contributed by atoms with E-state index in [2.05, 4.69) is 15.4 Å². The Hall–Kier alpha value is -3.50. The predicted molar refractivity (Wildman–Crippen MR) is 130 cm³/mol. The average Bonchev–Trinajstić information content (AvgIpc) is 3.22. The van der Waals surface area contributed by atoms with Gasteiger partial charge in [-0.1, -0.05) is 29.8 Å². The van der Waals surface area contributed by atoms with E-state index in [0.29, 0.717) is 29.5 Å². The molecule has 1 aliphatic rings. The molecule has 4 aromatic rings. The Morgan fingerprint density at radius 3 is 2.57 bits per heavy atom. The Labute approximate surface area is 206 Å². The zero-order valence-corrected chi connectivity index (χ0v) is 20.2. The Bertz CT molecular complexity index is 1530. The minimum Gasteiger partial charge on any atom is -0.353 e. The molecule has 0 unspecified atom stereocenters. The first-order valence-electron chi connectivity index (χ1n) is 10.8. The van der Waals surface area contributed by atoms with Crippen molar-refractivity contribution >= 4 is 38.7 Å². The van der Waals surface area contributed by atoms with Gasteiger partial charge in [-0.25, -0.2) is 22.3 Å². The summed E-state index contributed by atoms with van der Waals surface area (Å²) in [6, 6.07) is 13.0. The van der Waals surface area contributed by atoms with Crippen LogP contribution in [0.1, 0.15) is 5.56 Å². The Morgan fingerprint density at radius 1 is 1.14 bits per heavy atom. The Balaban J connectivity index is 1.27. The lowest BCUT2D eigenvalue weighted by molar-refractivity contribution is -0.125. The average molecular weight is 514 g/mol. The van der Waals surface area contributed by atoms with Crippen molar-refractivity contribution in [3.05, 3.63) is 77.5 Å². The van der Waals surface area contributed by atoms with E-state index in [9.17, 15) is 17.6 Å². The van der Waals surface area contributed by atoms with Crippen LogP contribution in [0, 0.1) is 11.7 Å². The van der Waals surface area contributed by atoms with E-state index in [1.807, 2.05) is 17.2 Å². The molecule has 1 fully saturated rings. The lowest BCUT2D eigenvalue weighted by Crippen LogP contribution is -2.54. The number of hydrogen-bond acceptors (Lipinski definition) is 6. The molecule has 0 saturated carbocycles. The molecule has 180 valence electrons. The van der Waals surface area contributed by atoms with Gasteiger partial charge in [0.15, 0.2) is 15.7 Å². The zero-order chi connectivity index (χ0) is 24.7. The third kappa shape index (κ3) is 4.71. The van der Waals surface area contributed by atoms with Crippen LogP contribution < -0.4 is 10.2 Å². The largest absolute Gasteiger partial charge is 0.353 e. The van der Waals surface area contributed by atoms with Gasteiger partial charge in [0.05, 0.1) is 10.8 Å². The molecule has 0 spiro atoms. The number of nitrogens with one attached hydrogen (secondary N) is 1. The van der Waals surface area contributed by atoms with E-state index in [0.717, 1.165) is 16.6 Å². The quantitative estimate of drug-likeness (QED) is 0.425. The van der Waals surface area contributed by atoms with E-state index < -0.39 is 15.7 Å². The summed E-state index contributed by atoms with van der Waals surface area (Å²) in [5.74, 6) is -0.140. The number of sulfone groups is 1. The summed E-state index contributed by atoms with van der Waals surface area (Å²) in [6.07, 6.45) is 4.48. The Morgan fingerprint density at radius 2 is 1.89 bits per heavy atom. The topological polar surface area (TPSA) is 96.7 Å². The van der Waals surface area contributed by atoms with Crippen LogP contribution in [0.3, 0.4) is 0 Å². The standard InChI is InChI=1S/C24H21ClFN5O3S/c1-35(33,34)20-6-3-15(4-7-20)17-8-22-23(28-14-29-31(22)13-17)30-11-18(12-30)24(32)27-10-16-2-5-19(25)9-21(16)26/h2-9,13-14,18H,10-12H2,1H3,(H,27,32). The number of nitrogens with zero attached hydrogens (tertiary/aromatic N) is 4. The summed E-state index contributed by atoms with van der Waals surface area (Å²) in [5.41, 5.74) is 2.87. The molecular formula is C24H21ClFN5O3S. The maximum absolute atomic E-state index is 13.9.